The van der Waals surface area contributed by atoms with Crippen molar-refractivity contribution in [1.82, 2.24) is 9.80 Å². The number of amides is 2. The molecule has 0 spiro atoms. The molecule has 3 aliphatic heterocycles. The van der Waals surface area contributed by atoms with Gasteiger partial charge in [-0.3, -0.25) is 9.59 Å². The van der Waals surface area contributed by atoms with Crippen LogP contribution in [0.1, 0.15) is 49.1 Å². The first-order valence-corrected chi connectivity index (χ1v) is 12.1. The van der Waals surface area contributed by atoms with Gasteiger partial charge in [0.1, 0.15) is 0 Å². The molecule has 5 rings (SSSR count). The lowest BCUT2D eigenvalue weighted by Crippen LogP contribution is -2.47. The van der Waals surface area contributed by atoms with E-state index in [1.165, 1.54) is 0 Å². The number of nitrogens with zero attached hydrogens (tertiary/aromatic N) is 3. The highest BCUT2D eigenvalue weighted by molar-refractivity contribution is 5.98. The molecule has 1 atom stereocenters. The zero-order valence-corrected chi connectivity index (χ0v) is 18.9. The van der Waals surface area contributed by atoms with Crippen LogP contribution in [-0.2, 0) is 14.4 Å². The molecule has 0 unspecified atom stereocenters. The summed E-state index contributed by atoms with van der Waals surface area (Å²) in [5.41, 5.74) is 3.16. The summed E-state index contributed by atoms with van der Waals surface area (Å²) in [6, 6.07) is 20.5. The summed E-state index contributed by atoms with van der Waals surface area (Å²) in [6.07, 6.45) is 3.59. The van der Waals surface area contributed by atoms with Crippen molar-refractivity contribution in [1.29, 1.82) is 0 Å². The topological polar surface area (TPSA) is 62.2 Å². The quantitative estimate of drug-likeness (QED) is 0.703. The Morgan fingerprint density at radius 3 is 1.91 bits per heavy atom. The molecular weight excluding hydrogens is 414 g/mol. The third kappa shape index (κ3) is 4.65. The van der Waals surface area contributed by atoms with Crippen LogP contribution in [-0.4, -0.2) is 59.6 Å². The fourth-order valence-electron chi connectivity index (χ4n) is 5.31. The van der Waals surface area contributed by atoms with Gasteiger partial charge in [0.2, 0.25) is 12.0 Å². The van der Waals surface area contributed by atoms with Crippen LogP contribution in [0, 0.1) is 5.92 Å². The lowest BCUT2D eigenvalue weighted by atomic mass is 9.85. The molecule has 2 fully saturated rings. The Bertz CT molecular complexity index is 954. The van der Waals surface area contributed by atoms with E-state index in [9.17, 15) is 9.59 Å². The fourth-order valence-corrected chi connectivity index (χ4v) is 5.31. The molecule has 0 aliphatic carbocycles. The molecule has 3 heterocycles. The van der Waals surface area contributed by atoms with Crippen LogP contribution >= 0.6 is 0 Å². The number of carbonyl (C=O) groups excluding carboxylic acids is 2. The van der Waals surface area contributed by atoms with Crippen molar-refractivity contribution < 1.29 is 14.4 Å². The maximum absolute atomic E-state index is 13.2. The second-order valence-corrected chi connectivity index (χ2v) is 9.27. The average Bonchev–Trinajstić information content (AvgIpc) is 3.58. The molecule has 33 heavy (non-hydrogen) atoms. The Kier molecular flexibility index (Phi) is 6.42. The van der Waals surface area contributed by atoms with Crippen molar-refractivity contribution >= 4 is 17.5 Å². The zero-order valence-electron chi connectivity index (χ0n) is 18.9. The number of hydrogen-bond acceptors (Lipinski definition) is 4. The molecule has 6 heteroatoms. The molecule has 0 N–H and O–H groups in total. The number of benzene rings is 2. The van der Waals surface area contributed by atoms with Crippen LogP contribution in [0.5, 0.6) is 0 Å². The van der Waals surface area contributed by atoms with E-state index < -0.39 is 6.10 Å². The first kappa shape index (κ1) is 21.7. The van der Waals surface area contributed by atoms with Gasteiger partial charge >= 0.3 is 0 Å². The van der Waals surface area contributed by atoms with Crippen LogP contribution in [0.15, 0.2) is 65.8 Å². The monoisotopic (exact) mass is 445 g/mol. The first-order valence-electron chi connectivity index (χ1n) is 12.1. The van der Waals surface area contributed by atoms with Gasteiger partial charge in [0.25, 0.3) is 5.91 Å². The van der Waals surface area contributed by atoms with Crippen LogP contribution < -0.4 is 0 Å². The average molecular weight is 446 g/mol. The number of hydrogen-bond donors (Lipinski definition) is 0. The fraction of sp³-hybridized carbons (Fsp3) is 0.444. The molecule has 2 amide bonds. The highest BCUT2D eigenvalue weighted by Gasteiger charge is 2.38. The van der Waals surface area contributed by atoms with Crippen molar-refractivity contribution in [2.45, 2.75) is 44.1 Å². The lowest BCUT2D eigenvalue weighted by Gasteiger charge is -2.34. The van der Waals surface area contributed by atoms with Crippen molar-refractivity contribution in [3.05, 3.63) is 71.8 Å². The van der Waals surface area contributed by atoms with Crippen molar-refractivity contribution in [2.75, 3.05) is 26.2 Å². The summed E-state index contributed by atoms with van der Waals surface area (Å²) in [6.45, 7) is 2.99. The second-order valence-electron chi connectivity index (χ2n) is 9.27. The maximum Gasteiger partial charge on any atom is 0.266 e. The van der Waals surface area contributed by atoms with E-state index in [-0.39, 0.29) is 23.7 Å². The maximum atomic E-state index is 13.2. The highest BCUT2D eigenvalue weighted by Crippen LogP contribution is 2.32. The number of rotatable bonds is 5. The molecule has 0 saturated carbocycles. The summed E-state index contributed by atoms with van der Waals surface area (Å²) in [4.78, 5) is 35.4. The summed E-state index contributed by atoms with van der Waals surface area (Å²) in [7, 11) is 0. The molecule has 172 valence electrons. The molecule has 6 nitrogen and oxygen atoms in total. The zero-order chi connectivity index (χ0) is 22.6. The largest absolute Gasteiger partial charge is 0.382 e. The number of likely N-dealkylation sites (tertiary alicyclic amines) is 2. The van der Waals surface area contributed by atoms with E-state index in [4.69, 9.17) is 4.84 Å². The number of piperidine rings is 1. The van der Waals surface area contributed by atoms with Gasteiger partial charge in [-0.1, -0.05) is 65.8 Å². The standard InChI is InChI=1S/C27H31N3O3/c31-26(29-15-7-8-16-29)22-13-17-30(18-14-22)27(32)24-19-23(28-33-24)25(20-9-3-1-4-10-20)21-11-5-2-6-12-21/h1-6,9-12,22,24-25H,7-8,13-19H2/t24-/m0/s1. The van der Waals surface area contributed by atoms with E-state index >= 15 is 0 Å². The predicted octanol–water partition coefficient (Wildman–Crippen LogP) is 3.82. The normalized spacial score (nSPS) is 21.2. The SMILES string of the molecule is O=C(C1CCN(C(=O)[C@@H]2CC(C(c3ccccc3)c3ccccc3)=NO2)CC1)N1CCCC1. The summed E-state index contributed by atoms with van der Waals surface area (Å²) < 4.78 is 0. The molecule has 3 aliphatic rings. The van der Waals surface area contributed by atoms with Crippen LogP contribution in [0.3, 0.4) is 0 Å². The van der Waals surface area contributed by atoms with E-state index in [1.54, 1.807) is 0 Å². The second kappa shape index (κ2) is 9.77. The van der Waals surface area contributed by atoms with Gasteiger partial charge < -0.3 is 14.6 Å². The Hall–Kier alpha value is -3.15. The third-order valence-electron chi connectivity index (χ3n) is 7.14. The molecule has 2 saturated heterocycles. The van der Waals surface area contributed by atoms with Gasteiger partial charge in [-0.2, -0.15) is 0 Å². The Morgan fingerprint density at radius 2 is 1.33 bits per heavy atom. The summed E-state index contributed by atoms with van der Waals surface area (Å²) in [5.74, 6) is 0.273. The number of carbonyl (C=O) groups is 2. The predicted molar refractivity (Wildman–Crippen MR) is 127 cm³/mol. The lowest BCUT2D eigenvalue weighted by molar-refractivity contribution is -0.146. The van der Waals surface area contributed by atoms with E-state index in [0.717, 1.165) is 55.6 Å². The smallest absolute Gasteiger partial charge is 0.266 e. The third-order valence-corrected chi connectivity index (χ3v) is 7.14. The number of oxime groups is 1. The van der Waals surface area contributed by atoms with E-state index in [2.05, 4.69) is 29.4 Å². The molecule has 2 aromatic rings. The molecule has 0 radical (unpaired) electrons. The van der Waals surface area contributed by atoms with Gasteiger partial charge in [0.15, 0.2) is 0 Å². The first-order chi connectivity index (χ1) is 16.2. The molecule has 0 aromatic heterocycles. The van der Waals surface area contributed by atoms with Crippen molar-refractivity contribution in [3.8, 4) is 0 Å². The summed E-state index contributed by atoms with van der Waals surface area (Å²) >= 11 is 0. The molecule has 0 bridgehead atoms. The van der Waals surface area contributed by atoms with Crippen LogP contribution in [0.2, 0.25) is 0 Å². The Labute approximate surface area is 195 Å². The highest BCUT2D eigenvalue weighted by atomic mass is 16.6. The van der Waals surface area contributed by atoms with Crippen LogP contribution in [0.25, 0.3) is 0 Å². The van der Waals surface area contributed by atoms with E-state index in [1.807, 2.05) is 46.2 Å². The Morgan fingerprint density at radius 1 is 0.788 bits per heavy atom. The summed E-state index contributed by atoms with van der Waals surface area (Å²) in [5, 5.41) is 4.39. The van der Waals surface area contributed by atoms with Crippen molar-refractivity contribution in [2.24, 2.45) is 11.1 Å². The van der Waals surface area contributed by atoms with Gasteiger partial charge in [0.05, 0.1) is 11.6 Å². The van der Waals surface area contributed by atoms with Crippen LogP contribution in [0.4, 0.5) is 0 Å². The minimum Gasteiger partial charge on any atom is -0.382 e. The van der Waals surface area contributed by atoms with Gasteiger partial charge in [0, 0.05) is 38.5 Å². The van der Waals surface area contributed by atoms with Gasteiger partial charge in [-0.05, 0) is 36.8 Å². The minimum atomic E-state index is -0.583. The van der Waals surface area contributed by atoms with Crippen molar-refractivity contribution in [3.63, 3.8) is 0 Å². The van der Waals surface area contributed by atoms with Gasteiger partial charge in [-0.15, -0.1) is 0 Å². The van der Waals surface area contributed by atoms with E-state index in [0.29, 0.717) is 19.5 Å². The Balaban J connectivity index is 1.22. The molecule has 2 aromatic carbocycles. The molecular formula is C27H31N3O3. The minimum absolute atomic E-state index is 0.0132. The van der Waals surface area contributed by atoms with Gasteiger partial charge in [-0.25, -0.2) is 0 Å².